The van der Waals surface area contributed by atoms with Crippen molar-refractivity contribution in [2.75, 3.05) is 6.61 Å². The molecule has 9 unspecified atom stereocenters. The first-order chi connectivity index (χ1) is 12.6. The highest BCUT2D eigenvalue weighted by atomic mass is 35.5. The summed E-state index contributed by atoms with van der Waals surface area (Å²) in [4.78, 5) is 12.6. The Morgan fingerprint density at radius 1 is 1.08 bits per heavy atom. The van der Waals surface area contributed by atoms with Crippen molar-refractivity contribution >= 4 is 17.5 Å². The summed E-state index contributed by atoms with van der Waals surface area (Å²) in [7, 11) is 0. The summed E-state index contributed by atoms with van der Waals surface area (Å²) in [5.41, 5.74) is 0. The zero-order chi connectivity index (χ0) is 18.3. The van der Waals surface area contributed by atoms with E-state index in [1.54, 1.807) is 0 Å². The van der Waals surface area contributed by atoms with Crippen molar-refractivity contribution in [3.8, 4) is 0 Å². The minimum atomic E-state index is -0.588. The Morgan fingerprint density at radius 2 is 1.88 bits per heavy atom. The molecular formula is C21H34ClNO3. The molecule has 0 bridgehead atoms. The van der Waals surface area contributed by atoms with Crippen LogP contribution in [-0.4, -0.2) is 41.2 Å². The first-order valence-corrected chi connectivity index (χ1v) is 11.2. The number of halogens is 1. The summed E-state index contributed by atoms with van der Waals surface area (Å²) in [5.74, 6) is 3.09. The second-order valence-corrected chi connectivity index (χ2v) is 9.70. The molecule has 148 valence electrons. The molecule has 4 fully saturated rings. The number of ether oxygens (including phenoxy) is 1. The smallest absolute Gasteiger partial charge is 0.220 e. The molecule has 1 saturated heterocycles. The van der Waals surface area contributed by atoms with Crippen molar-refractivity contribution in [3.63, 3.8) is 0 Å². The molecule has 0 aromatic heterocycles. The maximum Gasteiger partial charge on any atom is 0.220 e. The molecule has 4 rings (SSSR count). The predicted molar refractivity (Wildman–Crippen MR) is 102 cm³/mol. The Balaban J connectivity index is 1.52. The summed E-state index contributed by atoms with van der Waals surface area (Å²) < 4.78 is 5.80. The van der Waals surface area contributed by atoms with Crippen LogP contribution in [0.1, 0.15) is 64.7 Å². The minimum Gasteiger partial charge on any atom is -0.389 e. The second kappa shape index (κ2) is 7.97. The van der Waals surface area contributed by atoms with E-state index < -0.39 is 6.10 Å². The fourth-order valence-corrected chi connectivity index (χ4v) is 7.11. The van der Waals surface area contributed by atoms with Crippen molar-refractivity contribution in [2.45, 2.75) is 88.3 Å². The molecule has 2 N–H and O–H groups in total. The van der Waals surface area contributed by atoms with E-state index >= 15 is 0 Å². The van der Waals surface area contributed by atoms with Gasteiger partial charge in [0.05, 0.1) is 17.6 Å². The number of hydrogen-bond acceptors (Lipinski definition) is 3. The van der Waals surface area contributed by atoms with Gasteiger partial charge in [-0.15, -0.1) is 11.6 Å². The third-order valence-corrected chi connectivity index (χ3v) is 8.30. The van der Waals surface area contributed by atoms with Crippen LogP contribution in [0.5, 0.6) is 0 Å². The highest BCUT2D eigenvalue weighted by molar-refractivity contribution is 6.21. The van der Waals surface area contributed by atoms with Crippen LogP contribution in [0, 0.1) is 29.6 Å². The van der Waals surface area contributed by atoms with Gasteiger partial charge < -0.3 is 15.2 Å². The van der Waals surface area contributed by atoms with E-state index in [1.807, 2.05) is 6.92 Å². The quantitative estimate of drug-likeness (QED) is 0.733. The monoisotopic (exact) mass is 383 g/mol. The molecular weight excluding hydrogens is 350 g/mol. The SMILES string of the molecule is CCOC1CC(C2CC(=O)NC3C4CCCCC4CCC23)CC(Cl)C1O. The van der Waals surface area contributed by atoms with Gasteiger partial charge in [-0.1, -0.05) is 19.3 Å². The average molecular weight is 384 g/mol. The third kappa shape index (κ3) is 3.54. The van der Waals surface area contributed by atoms with Gasteiger partial charge >= 0.3 is 0 Å². The van der Waals surface area contributed by atoms with Crippen molar-refractivity contribution in [1.29, 1.82) is 0 Å². The molecule has 3 aliphatic carbocycles. The number of carbonyl (C=O) groups excluding carboxylic acids is 1. The van der Waals surface area contributed by atoms with E-state index in [4.69, 9.17) is 16.3 Å². The van der Waals surface area contributed by atoms with Gasteiger partial charge in [0, 0.05) is 19.1 Å². The summed E-state index contributed by atoms with van der Waals surface area (Å²) in [6.45, 7) is 2.56. The number of aliphatic hydroxyl groups is 1. The average Bonchev–Trinajstić information content (AvgIpc) is 2.64. The number of rotatable bonds is 3. The zero-order valence-electron chi connectivity index (χ0n) is 15.9. The molecule has 1 amide bonds. The lowest BCUT2D eigenvalue weighted by atomic mass is 9.57. The Hall–Kier alpha value is -0.320. The molecule has 0 aromatic carbocycles. The lowest BCUT2D eigenvalue weighted by Gasteiger charge is -2.53. The normalized spacial score (nSPS) is 49.0. The molecule has 9 atom stereocenters. The van der Waals surface area contributed by atoms with Crippen molar-refractivity contribution < 1.29 is 14.6 Å². The standard InChI is InChI=1S/C21H34ClNO3/c1-2-26-18-10-13(9-17(22)21(18)25)16-11-19(24)23-20-14-6-4-3-5-12(14)7-8-15(16)20/h12-18,20-21,25H,2-11H2,1H3,(H,23,24). The van der Waals surface area contributed by atoms with E-state index in [9.17, 15) is 9.90 Å². The Labute approximate surface area is 162 Å². The van der Waals surface area contributed by atoms with E-state index in [1.165, 1.54) is 38.5 Å². The molecule has 3 saturated carbocycles. The molecule has 5 heteroatoms. The number of nitrogens with one attached hydrogen (secondary N) is 1. The van der Waals surface area contributed by atoms with E-state index in [2.05, 4.69) is 5.32 Å². The predicted octanol–water partition coefficient (Wildman–Crippen LogP) is 3.49. The fourth-order valence-electron chi connectivity index (χ4n) is 6.72. The highest BCUT2D eigenvalue weighted by Crippen LogP contribution is 2.50. The summed E-state index contributed by atoms with van der Waals surface area (Å²) in [6, 6.07) is 0.367. The highest BCUT2D eigenvalue weighted by Gasteiger charge is 2.50. The van der Waals surface area contributed by atoms with Crippen LogP contribution in [0.2, 0.25) is 0 Å². The van der Waals surface area contributed by atoms with Crippen LogP contribution in [0.15, 0.2) is 0 Å². The summed E-state index contributed by atoms with van der Waals surface area (Å²) in [5, 5.41) is 13.5. The van der Waals surface area contributed by atoms with Gasteiger partial charge in [0.1, 0.15) is 0 Å². The van der Waals surface area contributed by atoms with E-state index in [0.29, 0.717) is 42.7 Å². The number of piperidine rings is 1. The molecule has 0 spiro atoms. The number of fused-ring (bicyclic) bond motifs is 3. The van der Waals surface area contributed by atoms with Gasteiger partial charge in [0.25, 0.3) is 0 Å². The van der Waals surface area contributed by atoms with Crippen LogP contribution in [0.25, 0.3) is 0 Å². The van der Waals surface area contributed by atoms with E-state index in [-0.39, 0.29) is 17.4 Å². The molecule has 4 nitrogen and oxygen atoms in total. The van der Waals surface area contributed by atoms with Crippen molar-refractivity contribution in [1.82, 2.24) is 5.32 Å². The number of aliphatic hydroxyl groups excluding tert-OH is 1. The molecule has 26 heavy (non-hydrogen) atoms. The summed E-state index contributed by atoms with van der Waals surface area (Å²) in [6.07, 6.45) is 9.37. The Morgan fingerprint density at radius 3 is 2.69 bits per heavy atom. The van der Waals surface area contributed by atoms with Crippen LogP contribution >= 0.6 is 11.6 Å². The minimum absolute atomic E-state index is 0.185. The first kappa shape index (κ1) is 19.0. The van der Waals surface area contributed by atoms with Crippen molar-refractivity contribution in [2.24, 2.45) is 29.6 Å². The maximum atomic E-state index is 12.6. The lowest BCUT2D eigenvalue weighted by Crippen LogP contribution is -2.59. The van der Waals surface area contributed by atoms with Crippen LogP contribution in [0.3, 0.4) is 0 Å². The first-order valence-electron chi connectivity index (χ1n) is 10.8. The topological polar surface area (TPSA) is 58.6 Å². The van der Waals surface area contributed by atoms with Gasteiger partial charge in [0.2, 0.25) is 5.91 Å². The van der Waals surface area contributed by atoms with Crippen LogP contribution in [0.4, 0.5) is 0 Å². The van der Waals surface area contributed by atoms with Crippen LogP contribution < -0.4 is 5.32 Å². The number of amides is 1. The van der Waals surface area contributed by atoms with Gasteiger partial charge in [-0.2, -0.15) is 0 Å². The summed E-state index contributed by atoms with van der Waals surface area (Å²) >= 11 is 6.50. The fraction of sp³-hybridized carbons (Fsp3) is 0.952. The molecule has 1 aliphatic heterocycles. The zero-order valence-corrected chi connectivity index (χ0v) is 16.7. The van der Waals surface area contributed by atoms with Gasteiger partial charge in [-0.05, 0) is 68.6 Å². The van der Waals surface area contributed by atoms with Gasteiger partial charge in [-0.25, -0.2) is 0 Å². The number of alkyl halides is 1. The van der Waals surface area contributed by atoms with E-state index in [0.717, 1.165) is 18.8 Å². The number of hydrogen-bond donors (Lipinski definition) is 2. The molecule has 0 aromatic rings. The van der Waals surface area contributed by atoms with Crippen LogP contribution in [-0.2, 0) is 9.53 Å². The lowest BCUT2D eigenvalue weighted by molar-refractivity contribution is -0.134. The maximum absolute atomic E-state index is 12.6. The third-order valence-electron chi connectivity index (χ3n) is 7.86. The Bertz CT molecular complexity index is 515. The second-order valence-electron chi connectivity index (χ2n) is 9.14. The molecule has 4 aliphatic rings. The molecule has 1 heterocycles. The van der Waals surface area contributed by atoms with Gasteiger partial charge in [0.15, 0.2) is 0 Å². The molecule has 0 radical (unpaired) electrons. The Kier molecular flexibility index (Phi) is 5.83. The van der Waals surface area contributed by atoms with Crippen molar-refractivity contribution in [3.05, 3.63) is 0 Å². The number of carbonyl (C=O) groups is 1. The largest absolute Gasteiger partial charge is 0.389 e. The van der Waals surface area contributed by atoms with Gasteiger partial charge in [-0.3, -0.25) is 4.79 Å².